The predicted molar refractivity (Wildman–Crippen MR) is 66.5 cm³/mol. The first-order chi connectivity index (χ1) is 8.70. The van der Waals surface area contributed by atoms with Crippen LogP contribution in [0.25, 0.3) is 0 Å². The Morgan fingerprint density at radius 3 is 2.32 bits per heavy atom. The molecule has 1 aliphatic rings. The third kappa shape index (κ3) is 3.11. The molecule has 0 spiro atoms. The molecular weight excluding hydrogens is 295 g/mol. The summed E-state index contributed by atoms with van der Waals surface area (Å²) in [4.78, 5) is -0.805. The first-order valence-electron chi connectivity index (χ1n) is 5.43. The lowest BCUT2D eigenvalue weighted by Gasteiger charge is -2.27. The number of hydrogen-bond donors (Lipinski definition) is 2. The minimum Gasteiger partial charge on any atom is -0.313 e. The van der Waals surface area contributed by atoms with Crippen LogP contribution >= 0.6 is 0 Å². The summed E-state index contributed by atoms with van der Waals surface area (Å²) >= 11 is 0. The first-order valence-corrected chi connectivity index (χ1v) is 8.80. The van der Waals surface area contributed by atoms with Gasteiger partial charge in [-0.3, -0.25) is 0 Å². The first kappa shape index (κ1) is 14.4. The Balaban J connectivity index is 2.34. The van der Waals surface area contributed by atoms with Gasteiger partial charge in [-0.2, -0.15) is 0 Å². The van der Waals surface area contributed by atoms with Crippen molar-refractivity contribution in [3.8, 4) is 0 Å². The Labute approximate surface area is 111 Å². The smallest absolute Gasteiger partial charge is 0.241 e. The van der Waals surface area contributed by atoms with Gasteiger partial charge in [0.1, 0.15) is 10.7 Å². The molecule has 19 heavy (non-hydrogen) atoms. The van der Waals surface area contributed by atoms with Gasteiger partial charge in [-0.1, -0.05) is 0 Å². The zero-order valence-corrected chi connectivity index (χ0v) is 11.7. The summed E-state index contributed by atoms with van der Waals surface area (Å²) in [5.74, 6) is -1.07. The van der Waals surface area contributed by atoms with Crippen molar-refractivity contribution in [3.63, 3.8) is 0 Å². The number of sulfonamides is 1. The Bertz CT molecular complexity index is 696. The third-order valence-corrected chi connectivity index (χ3v) is 5.36. The molecule has 0 aliphatic carbocycles. The molecule has 1 fully saturated rings. The number of halogens is 1. The molecule has 2 rings (SSSR count). The predicted octanol–water partition coefficient (Wildman–Crippen LogP) is -0.521. The van der Waals surface area contributed by atoms with Crippen molar-refractivity contribution in [1.29, 1.82) is 0 Å². The highest BCUT2D eigenvalue weighted by molar-refractivity contribution is 7.90. The van der Waals surface area contributed by atoms with E-state index < -0.39 is 30.6 Å². The second-order valence-corrected chi connectivity index (χ2v) is 8.04. The fourth-order valence-electron chi connectivity index (χ4n) is 1.61. The average molecular weight is 308 g/mol. The van der Waals surface area contributed by atoms with Gasteiger partial charge >= 0.3 is 0 Å². The number of nitrogens with one attached hydrogen (secondary N) is 2. The molecule has 0 atom stereocenters. The summed E-state index contributed by atoms with van der Waals surface area (Å²) in [6.07, 6.45) is 0.859. The molecule has 6 nitrogen and oxygen atoms in total. The maximum absolute atomic E-state index is 13.6. The van der Waals surface area contributed by atoms with Crippen molar-refractivity contribution < 1.29 is 21.2 Å². The summed E-state index contributed by atoms with van der Waals surface area (Å²) < 4.78 is 62.3. The summed E-state index contributed by atoms with van der Waals surface area (Å²) in [6, 6.07) is 2.53. The lowest BCUT2D eigenvalue weighted by molar-refractivity contribution is 0.410. The molecule has 1 aliphatic heterocycles. The second-order valence-electron chi connectivity index (χ2n) is 4.34. The van der Waals surface area contributed by atoms with E-state index in [-0.39, 0.29) is 10.9 Å². The highest BCUT2D eigenvalue weighted by Gasteiger charge is 2.25. The van der Waals surface area contributed by atoms with Crippen molar-refractivity contribution in [1.82, 2.24) is 10.0 Å². The van der Waals surface area contributed by atoms with Crippen LogP contribution in [0.3, 0.4) is 0 Å². The van der Waals surface area contributed by atoms with Gasteiger partial charge in [-0.15, -0.1) is 0 Å². The quantitative estimate of drug-likeness (QED) is 0.781. The van der Waals surface area contributed by atoms with Gasteiger partial charge in [0.05, 0.1) is 4.90 Å². The van der Waals surface area contributed by atoms with E-state index in [1.807, 2.05) is 0 Å². The van der Waals surface area contributed by atoms with Crippen LogP contribution in [0.1, 0.15) is 0 Å². The van der Waals surface area contributed by atoms with E-state index in [1.165, 1.54) is 0 Å². The van der Waals surface area contributed by atoms with Gasteiger partial charge in [0, 0.05) is 25.4 Å². The lowest BCUT2D eigenvalue weighted by Crippen LogP contribution is -2.56. The Kier molecular flexibility index (Phi) is 3.65. The topological polar surface area (TPSA) is 92.3 Å². The van der Waals surface area contributed by atoms with Crippen LogP contribution in [-0.4, -0.2) is 42.2 Å². The van der Waals surface area contributed by atoms with E-state index in [1.54, 1.807) is 0 Å². The molecule has 1 aromatic carbocycles. The largest absolute Gasteiger partial charge is 0.313 e. The lowest BCUT2D eigenvalue weighted by atomic mass is 10.2. The highest BCUT2D eigenvalue weighted by Crippen LogP contribution is 2.19. The fourth-order valence-corrected chi connectivity index (χ4v) is 3.58. The Morgan fingerprint density at radius 1 is 1.26 bits per heavy atom. The van der Waals surface area contributed by atoms with E-state index in [0.717, 1.165) is 18.4 Å². The summed E-state index contributed by atoms with van der Waals surface area (Å²) in [5.41, 5.74) is 0. The highest BCUT2D eigenvalue weighted by atomic mass is 32.2. The van der Waals surface area contributed by atoms with Crippen molar-refractivity contribution in [2.45, 2.75) is 15.8 Å². The summed E-state index contributed by atoms with van der Waals surface area (Å²) in [7, 11) is -7.54. The van der Waals surface area contributed by atoms with Crippen LogP contribution < -0.4 is 10.0 Å². The van der Waals surface area contributed by atoms with Crippen LogP contribution in [0.2, 0.25) is 0 Å². The standard InChI is InChI=1S/C10H13FN2O4S2/c1-18(14,15)10-3-2-8(4-9(10)11)19(16,17)13-7-5-12-6-7/h2-4,7,12-13H,5-6H2,1H3. The Hall–Kier alpha value is -1.03. The molecule has 1 aromatic rings. The van der Waals surface area contributed by atoms with E-state index in [2.05, 4.69) is 10.0 Å². The molecule has 9 heteroatoms. The molecule has 0 amide bonds. The molecular formula is C10H13FN2O4S2. The van der Waals surface area contributed by atoms with Gasteiger partial charge in [0.2, 0.25) is 10.0 Å². The number of sulfone groups is 1. The van der Waals surface area contributed by atoms with E-state index >= 15 is 0 Å². The van der Waals surface area contributed by atoms with Gasteiger partial charge in [-0.25, -0.2) is 25.9 Å². The zero-order chi connectivity index (χ0) is 14.3. The van der Waals surface area contributed by atoms with Gasteiger partial charge in [0.25, 0.3) is 0 Å². The Morgan fingerprint density at radius 2 is 1.89 bits per heavy atom. The van der Waals surface area contributed by atoms with E-state index in [4.69, 9.17) is 0 Å². The fraction of sp³-hybridized carbons (Fsp3) is 0.400. The minimum atomic E-state index is -3.83. The molecule has 0 saturated carbocycles. The SMILES string of the molecule is CS(=O)(=O)c1ccc(S(=O)(=O)NC2CNC2)cc1F. The molecule has 0 bridgehead atoms. The average Bonchev–Trinajstić information content (AvgIpc) is 2.22. The van der Waals surface area contributed by atoms with Crippen molar-refractivity contribution in [3.05, 3.63) is 24.0 Å². The maximum atomic E-state index is 13.6. The normalized spacial score (nSPS) is 17.2. The van der Waals surface area contributed by atoms with Crippen molar-refractivity contribution >= 4 is 19.9 Å². The minimum absolute atomic E-state index is 0.220. The number of hydrogen-bond acceptors (Lipinski definition) is 5. The monoisotopic (exact) mass is 308 g/mol. The third-order valence-electron chi connectivity index (χ3n) is 2.72. The molecule has 0 unspecified atom stereocenters. The van der Waals surface area contributed by atoms with Gasteiger partial charge in [-0.05, 0) is 18.2 Å². The summed E-state index contributed by atoms with van der Waals surface area (Å²) in [6.45, 7) is 1.03. The van der Waals surface area contributed by atoms with Crippen LogP contribution in [0.4, 0.5) is 4.39 Å². The molecule has 1 heterocycles. The van der Waals surface area contributed by atoms with E-state index in [0.29, 0.717) is 19.2 Å². The van der Waals surface area contributed by atoms with Crippen LogP contribution in [0.15, 0.2) is 28.0 Å². The van der Waals surface area contributed by atoms with Crippen LogP contribution in [-0.2, 0) is 19.9 Å². The zero-order valence-electron chi connectivity index (χ0n) is 10.1. The second kappa shape index (κ2) is 4.82. The van der Waals surface area contributed by atoms with E-state index in [9.17, 15) is 21.2 Å². The maximum Gasteiger partial charge on any atom is 0.241 e. The van der Waals surface area contributed by atoms with Crippen LogP contribution in [0, 0.1) is 5.82 Å². The number of rotatable bonds is 4. The number of benzene rings is 1. The summed E-state index contributed by atoms with van der Waals surface area (Å²) in [5, 5.41) is 2.90. The van der Waals surface area contributed by atoms with Crippen molar-refractivity contribution in [2.75, 3.05) is 19.3 Å². The van der Waals surface area contributed by atoms with Gasteiger partial charge < -0.3 is 5.32 Å². The van der Waals surface area contributed by atoms with Gasteiger partial charge in [0.15, 0.2) is 9.84 Å². The van der Waals surface area contributed by atoms with Crippen LogP contribution in [0.5, 0.6) is 0 Å². The molecule has 2 N–H and O–H groups in total. The molecule has 106 valence electrons. The van der Waals surface area contributed by atoms with Crippen molar-refractivity contribution in [2.24, 2.45) is 0 Å². The molecule has 1 saturated heterocycles. The molecule has 0 aromatic heterocycles. The molecule has 0 radical (unpaired) electrons.